The van der Waals surface area contributed by atoms with Crippen LogP contribution in [0.1, 0.15) is 113 Å². The first-order chi connectivity index (χ1) is 27.7. The number of aliphatic hydroxyl groups is 1. The first-order valence-electron chi connectivity index (χ1n) is 20.5. The van der Waals surface area contributed by atoms with E-state index >= 15 is 0 Å². The Bertz CT molecular complexity index is 2300. The summed E-state index contributed by atoms with van der Waals surface area (Å²) in [5.41, 5.74) is 3.36. The summed E-state index contributed by atoms with van der Waals surface area (Å²) in [5.74, 6) is 1.03. The Balaban J connectivity index is 1.23. The predicted molar refractivity (Wildman–Crippen MR) is 230 cm³/mol. The highest BCUT2D eigenvalue weighted by Crippen LogP contribution is 2.47. The van der Waals surface area contributed by atoms with Gasteiger partial charge in [-0.2, -0.15) is 0 Å². The molecule has 2 aromatic heterocycles. The maximum Gasteiger partial charge on any atom is 0.330 e. The molecule has 0 saturated carbocycles. The van der Waals surface area contributed by atoms with Crippen molar-refractivity contribution in [3.8, 4) is 28.3 Å². The maximum atomic E-state index is 13.4. The zero-order chi connectivity index (χ0) is 41.9. The summed E-state index contributed by atoms with van der Waals surface area (Å²) in [7, 11) is 2.94. The number of aliphatic hydroxyl groups excluding tert-OH is 1. The number of methoxy groups -OCH3 is 1. The molecule has 1 saturated heterocycles. The standard InChI is InChI=1S/C45H55Cl2N5O6/c1-7-27(18-20-45(9-3)21-19-28(8-2)40(54)50-45)22-29-16-17-30-23-36(49-42(58-6)37(29)30)33-14-10-12-31(38(33)46)32-13-11-15-35(39(32)47)48-41(55)34-25-52(24-26(4)53)44(57)51(5)43(34)56/h10-15,23,25-29,53H,7-9,16-22,24H2,1-6H3,(H,48,55)(H,50,54). The summed E-state index contributed by atoms with van der Waals surface area (Å²) in [6.07, 6.45) is 10.2. The maximum absolute atomic E-state index is 13.4. The van der Waals surface area contributed by atoms with Crippen LogP contribution in [0, 0.1) is 11.8 Å². The number of carbonyl (C=O) groups excluding carboxylic acids is 2. The molecule has 2 aromatic carbocycles. The zero-order valence-corrected chi connectivity index (χ0v) is 35.8. The van der Waals surface area contributed by atoms with E-state index in [4.69, 9.17) is 32.9 Å². The highest BCUT2D eigenvalue weighted by molar-refractivity contribution is 6.39. The number of hydrogen-bond donors (Lipinski definition) is 3. The number of fused-ring (bicyclic) bond motifs is 1. The molecule has 0 spiro atoms. The molecule has 58 heavy (non-hydrogen) atoms. The van der Waals surface area contributed by atoms with Gasteiger partial charge in [0.1, 0.15) is 5.56 Å². The molecule has 2 aliphatic rings. The molecule has 310 valence electrons. The van der Waals surface area contributed by atoms with Gasteiger partial charge in [-0.05, 0) is 94.2 Å². The normalized spacial score (nSPS) is 20.0. The Morgan fingerprint density at radius 2 is 1.76 bits per heavy atom. The molecule has 2 amide bonds. The molecule has 5 unspecified atom stereocenters. The van der Waals surface area contributed by atoms with Crippen molar-refractivity contribution in [2.75, 3.05) is 12.4 Å². The molecule has 1 aliphatic carbocycles. The topological polar surface area (TPSA) is 145 Å². The lowest BCUT2D eigenvalue weighted by Crippen LogP contribution is -2.54. The first kappa shape index (κ1) is 43.1. The van der Waals surface area contributed by atoms with E-state index in [-0.39, 0.29) is 40.2 Å². The average Bonchev–Trinajstić information content (AvgIpc) is 3.62. The molecule has 3 N–H and O–H groups in total. The van der Waals surface area contributed by atoms with Crippen molar-refractivity contribution in [2.45, 2.75) is 116 Å². The van der Waals surface area contributed by atoms with Crippen molar-refractivity contribution < 1.29 is 19.4 Å². The third-order valence-electron chi connectivity index (χ3n) is 12.5. The second-order valence-corrected chi connectivity index (χ2v) is 16.9. The minimum atomic E-state index is -0.877. The molecular formula is C45H55Cl2N5O6. The highest BCUT2D eigenvalue weighted by atomic mass is 35.5. The van der Waals surface area contributed by atoms with Gasteiger partial charge in [0, 0.05) is 47.0 Å². The van der Waals surface area contributed by atoms with Gasteiger partial charge in [-0.3, -0.25) is 23.5 Å². The van der Waals surface area contributed by atoms with Gasteiger partial charge in [-0.15, -0.1) is 0 Å². The third kappa shape index (κ3) is 8.77. The molecule has 11 nitrogen and oxygen atoms in total. The van der Waals surface area contributed by atoms with Crippen LogP contribution in [-0.2, 0) is 24.8 Å². The number of ether oxygens (including phenoxy) is 1. The third-order valence-corrected chi connectivity index (χ3v) is 13.3. The lowest BCUT2D eigenvalue weighted by molar-refractivity contribution is -0.130. The molecule has 5 atom stereocenters. The van der Waals surface area contributed by atoms with Crippen molar-refractivity contribution in [3.63, 3.8) is 0 Å². The Morgan fingerprint density at radius 3 is 2.41 bits per heavy atom. The fourth-order valence-corrected chi connectivity index (χ4v) is 9.49. The smallest absolute Gasteiger partial charge is 0.330 e. The van der Waals surface area contributed by atoms with Gasteiger partial charge in [-0.25, -0.2) is 9.78 Å². The number of anilines is 1. The van der Waals surface area contributed by atoms with Gasteiger partial charge >= 0.3 is 5.69 Å². The van der Waals surface area contributed by atoms with Crippen molar-refractivity contribution in [1.29, 1.82) is 0 Å². The van der Waals surface area contributed by atoms with Crippen LogP contribution in [0.4, 0.5) is 5.69 Å². The summed E-state index contributed by atoms with van der Waals surface area (Å²) >= 11 is 14.1. The van der Waals surface area contributed by atoms with E-state index in [1.807, 2.05) is 18.2 Å². The van der Waals surface area contributed by atoms with Crippen molar-refractivity contribution in [3.05, 3.63) is 96.2 Å². The van der Waals surface area contributed by atoms with E-state index in [1.54, 1.807) is 25.3 Å². The van der Waals surface area contributed by atoms with E-state index in [1.165, 1.54) is 25.1 Å². The second-order valence-electron chi connectivity index (χ2n) is 16.1. The number of rotatable bonds is 15. The Labute approximate surface area is 350 Å². The molecule has 13 heteroatoms. The summed E-state index contributed by atoms with van der Waals surface area (Å²) in [6.45, 7) is 7.97. The first-order valence-corrected chi connectivity index (χ1v) is 21.3. The van der Waals surface area contributed by atoms with E-state index in [2.05, 4.69) is 37.5 Å². The van der Waals surface area contributed by atoms with Gasteiger partial charge in [0.05, 0.1) is 41.2 Å². The van der Waals surface area contributed by atoms with E-state index in [0.717, 1.165) is 79.5 Å². The van der Waals surface area contributed by atoms with Crippen LogP contribution >= 0.6 is 23.2 Å². The lowest BCUT2D eigenvalue weighted by Gasteiger charge is -2.41. The predicted octanol–water partition coefficient (Wildman–Crippen LogP) is 8.54. The quantitative estimate of drug-likeness (QED) is 0.109. The van der Waals surface area contributed by atoms with Crippen LogP contribution in [-0.4, -0.2) is 49.8 Å². The van der Waals surface area contributed by atoms with Crippen LogP contribution in [0.25, 0.3) is 22.4 Å². The molecule has 0 bridgehead atoms. The highest BCUT2D eigenvalue weighted by Gasteiger charge is 2.38. The van der Waals surface area contributed by atoms with Gasteiger partial charge in [0.15, 0.2) is 0 Å². The largest absolute Gasteiger partial charge is 0.481 e. The molecule has 3 heterocycles. The Kier molecular flexibility index (Phi) is 13.6. The number of nitrogens with one attached hydrogen (secondary N) is 2. The van der Waals surface area contributed by atoms with Crippen molar-refractivity contribution in [1.82, 2.24) is 19.4 Å². The number of pyridine rings is 1. The number of benzene rings is 2. The SMILES string of the molecule is CCC(CCC1(CC)CCC(CC)C(=O)N1)CC1CCc2cc(-c3cccc(-c4cccc(NC(=O)c5cn(CC(C)O)c(=O)n(C)c5=O)c4Cl)c3Cl)nc(OC)c21. The monoisotopic (exact) mass is 831 g/mol. The van der Waals surface area contributed by atoms with Crippen LogP contribution < -0.4 is 26.6 Å². The Hall–Kier alpha value is -4.45. The number of halogens is 2. The van der Waals surface area contributed by atoms with Crippen molar-refractivity contribution in [2.24, 2.45) is 18.9 Å². The van der Waals surface area contributed by atoms with E-state index < -0.39 is 23.3 Å². The number of aromatic nitrogens is 3. The number of amides is 2. The van der Waals surface area contributed by atoms with Crippen LogP contribution in [0.5, 0.6) is 5.88 Å². The van der Waals surface area contributed by atoms with Gasteiger partial charge in [0.25, 0.3) is 11.5 Å². The summed E-state index contributed by atoms with van der Waals surface area (Å²) in [6, 6.07) is 12.9. The molecular weight excluding hydrogens is 777 g/mol. The molecule has 0 radical (unpaired) electrons. The van der Waals surface area contributed by atoms with E-state index in [9.17, 15) is 24.3 Å². The summed E-state index contributed by atoms with van der Waals surface area (Å²) < 4.78 is 7.93. The van der Waals surface area contributed by atoms with Gasteiger partial charge in [0.2, 0.25) is 11.8 Å². The fraction of sp³-hybridized carbons (Fsp3) is 0.489. The van der Waals surface area contributed by atoms with Gasteiger partial charge < -0.3 is 20.5 Å². The second kappa shape index (κ2) is 18.2. The number of piperidine rings is 1. The van der Waals surface area contributed by atoms with Crippen LogP contribution in [0.2, 0.25) is 10.0 Å². The molecule has 4 aromatic rings. The molecule has 6 rings (SSSR count). The lowest BCUT2D eigenvalue weighted by atomic mass is 9.75. The fourth-order valence-electron chi connectivity index (χ4n) is 8.89. The number of hydrogen-bond acceptors (Lipinski definition) is 7. The average molecular weight is 833 g/mol. The molecule has 1 aliphatic heterocycles. The Morgan fingerprint density at radius 1 is 1.05 bits per heavy atom. The van der Waals surface area contributed by atoms with E-state index in [0.29, 0.717) is 45.1 Å². The van der Waals surface area contributed by atoms with Crippen LogP contribution in [0.3, 0.4) is 0 Å². The number of carbonyl (C=O) groups is 2. The summed E-state index contributed by atoms with van der Waals surface area (Å²) in [4.78, 5) is 56.8. The van der Waals surface area contributed by atoms with Crippen LogP contribution in [0.15, 0.2) is 58.3 Å². The van der Waals surface area contributed by atoms with Crippen molar-refractivity contribution >= 4 is 40.7 Å². The minimum Gasteiger partial charge on any atom is -0.481 e. The number of nitrogens with zero attached hydrogens (tertiary/aromatic N) is 3. The minimum absolute atomic E-state index is 0.0919. The zero-order valence-electron chi connectivity index (χ0n) is 34.3. The number of aryl methyl sites for hydroxylation is 1. The molecule has 1 fully saturated rings. The summed E-state index contributed by atoms with van der Waals surface area (Å²) in [5, 5.41) is 16.6. The van der Waals surface area contributed by atoms with Gasteiger partial charge in [-0.1, -0.05) is 80.7 Å².